The number of benzene rings is 1. The Bertz CT molecular complexity index is 662. The summed E-state index contributed by atoms with van der Waals surface area (Å²) < 4.78 is 22.7. The quantitative estimate of drug-likeness (QED) is 0.906. The van der Waals surface area contributed by atoms with Crippen LogP contribution in [0.1, 0.15) is 32.8 Å². The second-order valence-electron chi connectivity index (χ2n) is 6.50. The van der Waals surface area contributed by atoms with Crippen molar-refractivity contribution in [3.8, 4) is 0 Å². The number of carbonyl (C=O) groups is 1. The Labute approximate surface area is 132 Å². The summed E-state index contributed by atoms with van der Waals surface area (Å²) in [6.07, 6.45) is 1.83. The predicted octanol–water partition coefficient (Wildman–Crippen LogP) is 2.42. The Balaban J connectivity index is 1.95. The van der Waals surface area contributed by atoms with Gasteiger partial charge in [-0.05, 0) is 12.5 Å². The minimum Gasteiger partial charge on any atom is -0.353 e. The number of hydrogen-bond acceptors (Lipinski definition) is 3. The minimum absolute atomic E-state index is 0.0386. The van der Waals surface area contributed by atoms with Crippen LogP contribution in [0.2, 0.25) is 0 Å². The van der Waals surface area contributed by atoms with Gasteiger partial charge >= 0.3 is 0 Å². The summed E-state index contributed by atoms with van der Waals surface area (Å²) >= 11 is 0. The standard InChI is InChI=1S/C17H23NO3S/c1-13(17(2,3)15-7-5-4-6-8-15)18-16(19)11-14-9-10-22(20,21)12-14/h4-10,13-14H,11-12H2,1-3H3,(H,18,19). The van der Waals surface area contributed by atoms with Crippen molar-refractivity contribution < 1.29 is 13.2 Å². The molecule has 22 heavy (non-hydrogen) atoms. The van der Waals surface area contributed by atoms with Gasteiger partial charge in [-0.2, -0.15) is 0 Å². The summed E-state index contributed by atoms with van der Waals surface area (Å²) in [5.41, 5.74) is 0.959. The van der Waals surface area contributed by atoms with Crippen LogP contribution < -0.4 is 5.32 Å². The number of sulfone groups is 1. The van der Waals surface area contributed by atoms with Gasteiger partial charge in [-0.3, -0.25) is 4.79 Å². The highest BCUT2D eigenvalue weighted by atomic mass is 32.2. The summed E-state index contributed by atoms with van der Waals surface area (Å²) in [6, 6.07) is 9.99. The highest BCUT2D eigenvalue weighted by Crippen LogP contribution is 2.27. The summed E-state index contributed by atoms with van der Waals surface area (Å²) in [7, 11) is -3.10. The van der Waals surface area contributed by atoms with E-state index in [9.17, 15) is 13.2 Å². The fraction of sp³-hybridized carbons (Fsp3) is 0.471. The normalized spacial score (nSPS) is 21.5. The van der Waals surface area contributed by atoms with Gasteiger partial charge in [-0.15, -0.1) is 0 Å². The highest BCUT2D eigenvalue weighted by molar-refractivity contribution is 7.94. The van der Waals surface area contributed by atoms with Gasteiger partial charge in [-0.25, -0.2) is 8.42 Å². The number of nitrogens with one attached hydrogen (secondary N) is 1. The zero-order chi connectivity index (χ0) is 16.4. The molecule has 120 valence electrons. The van der Waals surface area contributed by atoms with Crippen molar-refractivity contribution in [3.05, 3.63) is 47.4 Å². The van der Waals surface area contributed by atoms with E-state index >= 15 is 0 Å². The molecule has 0 saturated carbocycles. The molecule has 5 heteroatoms. The summed E-state index contributed by atoms with van der Waals surface area (Å²) in [6.45, 7) is 6.16. The van der Waals surface area contributed by atoms with Crippen LogP contribution in [0.5, 0.6) is 0 Å². The molecule has 0 aromatic heterocycles. The third kappa shape index (κ3) is 3.97. The largest absolute Gasteiger partial charge is 0.353 e. The fourth-order valence-corrected chi connectivity index (χ4v) is 4.00. The lowest BCUT2D eigenvalue weighted by molar-refractivity contribution is -0.122. The second-order valence-corrected chi connectivity index (χ2v) is 8.43. The minimum atomic E-state index is -3.10. The SMILES string of the molecule is CC(NC(=O)CC1C=CS(=O)(=O)C1)C(C)(C)c1ccccc1. The number of allylic oxidation sites excluding steroid dienone is 1. The van der Waals surface area contributed by atoms with Crippen LogP contribution in [0.15, 0.2) is 41.8 Å². The van der Waals surface area contributed by atoms with Crippen molar-refractivity contribution in [2.24, 2.45) is 5.92 Å². The topological polar surface area (TPSA) is 63.2 Å². The first kappa shape index (κ1) is 16.7. The maximum atomic E-state index is 12.2. The molecular formula is C17H23NO3S. The molecule has 1 aliphatic heterocycles. The van der Waals surface area contributed by atoms with Crippen molar-refractivity contribution in [2.45, 2.75) is 38.6 Å². The lowest BCUT2D eigenvalue weighted by Crippen LogP contribution is -2.45. The monoisotopic (exact) mass is 321 g/mol. The van der Waals surface area contributed by atoms with Crippen LogP contribution in [0.3, 0.4) is 0 Å². The van der Waals surface area contributed by atoms with Gasteiger partial charge in [-0.1, -0.05) is 50.3 Å². The molecule has 4 nitrogen and oxygen atoms in total. The van der Waals surface area contributed by atoms with Crippen molar-refractivity contribution in [2.75, 3.05) is 5.75 Å². The van der Waals surface area contributed by atoms with Crippen molar-refractivity contribution in [3.63, 3.8) is 0 Å². The van der Waals surface area contributed by atoms with Gasteiger partial charge < -0.3 is 5.32 Å². The molecule has 1 aromatic rings. The van der Waals surface area contributed by atoms with E-state index in [4.69, 9.17) is 0 Å². The molecule has 0 aliphatic carbocycles. The van der Waals surface area contributed by atoms with E-state index in [-0.39, 0.29) is 35.5 Å². The van der Waals surface area contributed by atoms with E-state index in [0.29, 0.717) is 0 Å². The van der Waals surface area contributed by atoms with Gasteiger partial charge in [0.2, 0.25) is 5.91 Å². The van der Waals surface area contributed by atoms with E-state index in [1.54, 1.807) is 6.08 Å². The number of hydrogen-bond donors (Lipinski definition) is 1. The van der Waals surface area contributed by atoms with Crippen LogP contribution in [0.25, 0.3) is 0 Å². The molecule has 0 bridgehead atoms. The zero-order valence-electron chi connectivity index (χ0n) is 13.2. The van der Waals surface area contributed by atoms with Crippen LogP contribution in [0.4, 0.5) is 0 Å². The first-order valence-corrected chi connectivity index (χ1v) is 9.18. The molecule has 1 aliphatic rings. The molecule has 0 saturated heterocycles. The number of carbonyl (C=O) groups excluding carboxylic acids is 1. The zero-order valence-corrected chi connectivity index (χ0v) is 14.1. The van der Waals surface area contributed by atoms with Crippen molar-refractivity contribution in [1.29, 1.82) is 0 Å². The first-order valence-electron chi connectivity index (χ1n) is 7.46. The summed E-state index contributed by atoms with van der Waals surface area (Å²) in [5, 5.41) is 4.22. The third-order valence-electron chi connectivity index (χ3n) is 4.43. The molecule has 2 atom stereocenters. The maximum absolute atomic E-state index is 12.2. The molecule has 1 N–H and O–H groups in total. The smallest absolute Gasteiger partial charge is 0.220 e. The van der Waals surface area contributed by atoms with Crippen LogP contribution in [-0.2, 0) is 20.0 Å². The Morgan fingerprint density at radius 3 is 2.50 bits per heavy atom. The number of amides is 1. The maximum Gasteiger partial charge on any atom is 0.220 e. The molecule has 1 heterocycles. The molecule has 2 unspecified atom stereocenters. The Morgan fingerprint density at radius 2 is 1.95 bits per heavy atom. The van der Waals surface area contributed by atoms with E-state index < -0.39 is 9.84 Å². The van der Waals surface area contributed by atoms with E-state index in [1.165, 1.54) is 5.41 Å². The van der Waals surface area contributed by atoms with Gasteiger partial charge in [0, 0.05) is 29.2 Å². The predicted molar refractivity (Wildman–Crippen MR) is 88.1 cm³/mol. The lowest BCUT2D eigenvalue weighted by Gasteiger charge is -2.33. The van der Waals surface area contributed by atoms with Gasteiger partial charge in [0.15, 0.2) is 9.84 Å². The van der Waals surface area contributed by atoms with Gasteiger partial charge in [0.25, 0.3) is 0 Å². The van der Waals surface area contributed by atoms with Gasteiger partial charge in [0.05, 0.1) is 5.75 Å². The molecule has 2 rings (SSSR count). The summed E-state index contributed by atoms with van der Waals surface area (Å²) in [4.78, 5) is 12.2. The first-order chi connectivity index (χ1) is 10.2. The molecule has 0 spiro atoms. The Kier molecular flexibility index (Phi) is 4.75. The highest BCUT2D eigenvalue weighted by Gasteiger charge is 2.30. The molecule has 0 fully saturated rings. The van der Waals surface area contributed by atoms with Crippen LogP contribution in [-0.4, -0.2) is 26.1 Å². The molecular weight excluding hydrogens is 298 g/mol. The fourth-order valence-electron chi connectivity index (χ4n) is 2.60. The van der Waals surface area contributed by atoms with E-state index in [1.807, 2.05) is 25.1 Å². The van der Waals surface area contributed by atoms with E-state index in [0.717, 1.165) is 5.56 Å². The van der Waals surface area contributed by atoms with Crippen molar-refractivity contribution in [1.82, 2.24) is 5.32 Å². The summed E-state index contributed by atoms with van der Waals surface area (Å²) in [5.74, 6) is -0.281. The number of rotatable bonds is 5. The molecule has 1 aromatic carbocycles. The van der Waals surface area contributed by atoms with E-state index in [2.05, 4.69) is 31.3 Å². The second kappa shape index (κ2) is 6.24. The average Bonchev–Trinajstić information content (AvgIpc) is 2.78. The van der Waals surface area contributed by atoms with Crippen LogP contribution >= 0.6 is 0 Å². The van der Waals surface area contributed by atoms with Crippen LogP contribution in [0, 0.1) is 5.92 Å². The third-order valence-corrected chi connectivity index (χ3v) is 5.89. The molecule has 0 radical (unpaired) electrons. The van der Waals surface area contributed by atoms with Crippen molar-refractivity contribution >= 4 is 15.7 Å². The average molecular weight is 321 g/mol. The van der Waals surface area contributed by atoms with Gasteiger partial charge in [0.1, 0.15) is 0 Å². The Morgan fingerprint density at radius 1 is 1.32 bits per heavy atom. The molecule has 1 amide bonds. The lowest BCUT2D eigenvalue weighted by atomic mass is 9.78. The Hall–Kier alpha value is -1.62.